The Bertz CT molecular complexity index is 701. The van der Waals surface area contributed by atoms with E-state index in [-0.39, 0.29) is 0 Å². The molecule has 5 heteroatoms. The second-order valence-corrected chi connectivity index (χ2v) is 5.36. The van der Waals surface area contributed by atoms with Gasteiger partial charge in [-0.1, -0.05) is 23.7 Å². The average Bonchev–Trinajstić information content (AvgIpc) is 2.93. The first-order valence-corrected chi connectivity index (χ1v) is 7.09. The van der Waals surface area contributed by atoms with Crippen LogP contribution in [0.5, 0.6) is 5.75 Å². The van der Waals surface area contributed by atoms with E-state index in [2.05, 4.69) is 11.4 Å². The molecule has 0 unspecified atom stereocenters. The zero-order chi connectivity index (χ0) is 14.8. The molecule has 0 radical (unpaired) electrons. The van der Waals surface area contributed by atoms with Crippen LogP contribution >= 0.6 is 11.6 Å². The van der Waals surface area contributed by atoms with Crippen molar-refractivity contribution >= 4 is 23.2 Å². The molecule has 0 saturated heterocycles. The van der Waals surface area contributed by atoms with Crippen molar-refractivity contribution in [3.63, 3.8) is 0 Å². The van der Waals surface area contributed by atoms with Crippen LogP contribution in [-0.2, 0) is 13.0 Å². The van der Waals surface area contributed by atoms with E-state index in [1.807, 2.05) is 18.2 Å². The van der Waals surface area contributed by atoms with Crippen LogP contribution in [0.1, 0.15) is 21.5 Å². The number of amides is 1. The van der Waals surface area contributed by atoms with Crippen LogP contribution in [0, 0.1) is 0 Å². The van der Waals surface area contributed by atoms with Crippen LogP contribution in [0.15, 0.2) is 36.4 Å². The summed E-state index contributed by atoms with van der Waals surface area (Å²) < 4.78 is 5.49. The molecule has 0 atom stereocenters. The zero-order valence-corrected chi connectivity index (χ0v) is 12.1. The highest BCUT2D eigenvalue weighted by Gasteiger charge is 2.12. The Hall–Kier alpha value is -2.20. The molecule has 1 amide bonds. The second-order valence-electron chi connectivity index (χ2n) is 4.95. The average molecular weight is 303 g/mol. The van der Waals surface area contributed by atoms with Gasteiger partial charge in [-0.2, -0.15) is 0 Å². The van der Waals surface area contributed by atoms with Gasteiger partial charge in [0.1, 0.15) is 5.75 Å². The lowest BCUT2D eigenvalue weighted by molar-refractivity contribution is 0.100. The number of carbonyl (C=O) groups is 1. The molecule has 4 nitrogen and oxygen atoms in total. The Labute approximate surface area is 127 Å². The molecule has 2 aromatic carbocycles. The zero-order valence-electron chi connectivity index (χ0n) is 11.4. The van der Waals surface area contributed by atoms with Crippen molar-refractivity contribution in [2.45, 2.75) is 13.0 Å². The van der Waals surface area contributed by atoms with Gasteiger partial charge in [0, 0.05) is 18.7 Å². The molecule has 2 aromatic rings. The Morgan fingerprint density at radius 3 is 2.95 bits per heavy atom. The van der Waals surface area contributed by atoms with E-state index in [0.717, 1.165) is 30.0 Å². The third-order valence-electron chi connectivity index (χ3n) is 3.48. The van der Waals surface area contributed by atoms with Crippen LogP contribution in [-0.4, -0.2) is 12.5 Å². The summed E-state index contributed by atoms with van der Waals surface area (Å²) in [6, 6.07) is 11.3. The van der Waals surface area contributed by atoms with Crippen molar-refractivity contribution in [1.82, 2.24) is 0 Å². The van der Waals surface area contributed by atoms with Gasteiger partial charge in [0.25, 0.3) is 0 Å². The summed E-state index contributed by atoms with van der Waals surface area (Å²) in [4.78, 5) is 11.3. The first-order chi connectivity index (χ1) is 10.1. The molecule has 0 saturated carbocycles. The number of ether oxygens (including phenoxy) is 1. The SMILES string of the molecule is NC(=O)c1cc(NCc2ccc3c(c2)CCO3)ccc1Cl. The number of hydrogen-bond donors (Lipinski definition) is 2. The largest absolute Gasteiger partial charge is 0.493 e. The molecule has 21 heavy (non-hydrogen) atoms. The van der Waals surface area contributed by atoms with Crippen molar-refractivity contribution in [2.75, 3.05) is 11.9 Å². The number of nitrogens with one attached hydrogen (secondary N) is 1. The monoisotopic (exact) mass is 302 g/mol. The highest BCUT2D eigenvalue weighted by molar-refractivity contribution is 6.33. The summed E-state index contributed by atoms with van der Waals surface area (Å²) in [5.41, 5.74) is 8.82. The molecule has 108 valence electrons. The summed E-state index contributed by atoms with van der Waals surface area (Å²) in [5, 5.41) is 3.63. The van der Waals surface area contributed by atoms with E-state index in [9.17, 15) is 4.79 Å². The summed E-state index contributed by atoms with van der Waals surface area (Å²) in [5.74, 6) is 0.444. The Kier molecular flexibility index (Phi) is 3.71. The fourth-order valence-electron chi connectivity index (χ4n) is 2.38. The van der Waals surface area contributed by atoms with Gasteiger partial charge in [0.05, 0.1) is 17.2 Å². The highest BCUT2D eigenvalue weighted by atomic mass is 35.5. The fraction of sp³-hybridized carbons (Fsp3) is 0.188. The van der Waals surface area contributed by atoms with E-state index in [1.165, 1.54) is 5.56 Å². The molecule has 3 rings (SSSR count). The summed E-state index contributed by atoms with van der Waals surface area (Å²) in [6.07, 6.45) is 0.954. The molecule has 1 heterocycles. The smallest absolute Gasteiger partial charge is 0.250 e. The van der Waals surface area contributed by atoms with Crippen molar-refractivity contribution < 1.29 is 9.53 Å². The Morgan fingerprint density at radius 2 is 2.14 bits per heavy atom. The number of fused-ring (bicyclic) bond motifs is 1. The van der Waals surface area contributed by atoms with Crippen molar-refractivity contribution in [2.24, 2.45) is 5.73 Å². The van der Waals surface area contributed by atoms with Gasteiger partial charge in [-0.05, 0) is 35.4 Å². The van der Waals surface area contributed by atoms with Crippen molar-refractivity contribution in [3.05, 3.63) is 58.1 Å². The molecule has 0 spiro atoms. The predicted molar refractivity (Wildman–Crippen MR) is 82.9 cm³/mol. The number of benzene rings is 2. The predicted octanol–water partition coefficient (Wildman–Crippen LogP) is 2.99. The lowest BCUT2D eigenvalue weighted by Crippen LogP contribution is -2.12. The van der Waals surface area contributed by atoms with Crippen LogP contribution in [0.2, 0.25) is 5.02 Å². The topological polar surface area (TPSA) is 64.4 Å². The second kappa shape index (κ2) is 5.66. The maximum atomic E-state index is 11.3. The van der Waals surface area contributed by atoms with Gasteiger partial charge in [-0.25, -0.2) is 0 Å². The van der Waals surface area contributed by atoms with Gasteiger partial charge in [-0.15, -0.1) is 0 Å². The highest BCUT2D eigenvalue weighted by Crippen LogP contribution is 2.26. The van der Waals surface area contributed by atoms with Crippen LogP contribution in [0.3, 0.4) is 0 Å². The lowest BCUT2D eigenvalue weighted by Gasteiger charge is -2.09. The number of primary amides is 1. The number of carbonyl (C=O) groups excluding carboxylic acids is 1. The van der Waals surface area contributed by atoms with Gasteiger partial charge in [0.2, 0.25) is 5.91 Å². The standard InChI is InChI=1S/C16H15ClN2O2/c17-14-3-2-12(8-13(14)16(18)20)19-9-10-1-4-15-11(7-10)5-6-21-15/h1-4,7-8,19H,5-6,9H2,(H2,18,20). The van der Waals surface area contributed by atoms with Crippen LogP contribution in [0.4, 0.5) is 5.69 Å². The van der Waals surface area contributed by atoms with Crippen molar-refractivity contribution in [3.8, 4) is 5.75 Å². The van der Waals surface area contributed by atoms with E-state index in [4.69, 9.17) is 22.1 Å². The Balaban J connectivity index is 1.73. The van der Waals surface area contributed by atoms with E-state index in [1.54, 1.807) is 12.1 Å². The third kappa shape index (κ3) is 2.95. The van der Waals surface area contributed by atoms with E-state index in [0.29, 0.717) is 17.1 Å². The number of hydrogen-bond acceptors (Lipinski definition) is 3. The minimum Gasteiger partial charge on any atom is -0.493 e. The Morgan fingerprint density at radius 1 is 1.29 bits per heavy atom. The maximum absolute atomic E-state index is 11.3. The number of anilines is 1. The molecule has 1 aliphatic heterocycles. The number of rotatable bonds is 4. The molecular formula is C16H15ClN2O2. The third-order valence-corrected chi connectivity index (χ3v) is 3.81. The minimum absolute atomic E-state index is 0.323. The number of nitrogens with two attached hydrogens (primary N) is 1. The maximum Gasteiger partial charge on any atom is 0.250 e. The minimum atomic E-state index is -0.529. The molecule has 0 aliphatic carbocycles. The van der Waals surface area contributed by atoms with E-state index >= 15 is 0 Å². The summed E-state index contributed by atoms with van der Waals surface area (Å²) in [7, 11) is 0. The van der Waals surface area contributed by atoms with Gasteiger partial charge in [-0.3, -0.25) is 4.79 Å². The normalized spacial score (nSPS) is 12.6. The van der Waals surface area contributed by atoms with Gasteiger partial charge >= 0.3 is 0 Å². The molecule has 1 aliphatic rings. The first-order valence-electron chi connectivity index (χ1n) is 6.71. The summed E-state index contributed by atoms with van der Waals surface area (Å²) >= 11 is 5.93. The lowest BCUT2D eigenvalue weighted by atomic mass is 10.1. The fourth-order valence-corrected chi connectivity index (χ4v) is 2.59. The molecule has 0 bridgehead atoms. The molecular weight excluding hydrogens is 288 g/mol. The molecule has 3 N–H and O–H groups in total. The van der Waals surface area contributed by atoms with Crippen LogP contribution < -0.4 is 15.8 Å². The molecule has 0 aromatic heterocycles. The van der Waals surface area contributed by atoms with E-state index < -0.39 is 5.91 Å². The van der Waals surface area contributed by atoms with Gasteiger partial charge in [0.15, 0.2) is 0 Å². The number of halogens is 1. The quantitative estimate of drug-likeness (QED) is 0.912. The molecule has 0 fully saturated rings. The summed E-state index contributed by atoms with van der Waals surface area (Å²) in [6.45, 7) is 1.42. The van der Waals surface area contributed by atoms with Crippen molar-refractivity contribution in [1.29, 1.82) is 0 Å². The first kappa shape index (κ1) is 13.8. The van der Waals surface area contributed by atoms with Crippen LogP contribution in [0.25, 0.3) is 0 Å². The van der Waals surface area contributed by atoms with Gasteiger partial charge < -0.3 is 15.8 Å².